The Kier molecular flexibility index (Phi) is 5.44. The number of alkyl halides is 3. The topological polar surface area (TPSA) is 89.6 Å². The lowest BCUT2D eigenvalue weighted by molar-refractivity contribution is -0.137. The number of nitrogen functional groups attached to an aromatic ring is 1. The molecule has 3 aromatic carbocycles. The smallest absolute Gasteiger partial charge is 0.383 e. The lowest BCUT2D eigenvalue weighted by Crippen LogP contribution is -2.06. The molecule has 0 spiro atoms. The fourth-order valence-electron chi connectivity index (χ4n) is 4.00. The molecule has 0 atom stereocenters. The molecule has 0 aliphatic heterocycles. The minimum Gasteiger partial charge on any atom is -0.383 e. The zero-order valence-electron chi connectivity index (χ0n) is 18.6. The van der Waals surface area contributed by atoms with E-state index in [1.54, 1.807) is 19.3 Å². The molecular weight excluding hydrogens is 477 g/mol. The standard InChI is InChI=1S/C25H18ClF3N6/c1-12-3-6-16-21(20(12)13-5-8-19-15(9-13)11-32-24(31-2)33-19)34-23(35-22(16)30)14-4-7-18(26)17(10-14)25(27,28)29/h3-11H,1-2H3,(H2,30,34,35)(H,31,32,33). The van der Waals surface area contributed by atoms with Gasteiger partial charge in [0.2, 0.25) is 5.95 Å². The van der Waals surface area contributed by atoms with Crippen LogP contribution < -0.4 is 11.1 Å². The monoisotopic (exact) mass is 494 g/mol. The number of nitrogens with two attached hydrogens (primary N) is 1. The second-order valence-corrected chi connectivity index (χ2v) is 8.40. The summed E-state index contributed by atoms with van der Waals surface area (Å²) in [6.45, 7) is 1.93. The van der Waals surface area contributed by atoms with Crippen LogP contribution in [0.1, 0.15) is 11.1 Å². The summed E-state index contributed by atoms with van der Waals surface area (Å²) in [5.41, 5.74) is 9.30. The number of nitrogens with zero attached hydrogens (tertiary/aromatic N) is 4. The Labute approximate surface area is 203 Å². The van der Waals surface area contributed by atoms with E-state index in [-0.39, 0.29) is 17.2 Å². The van der Waals surface area contributed by atoms with Crippen molar-refractivity contribution in [1.82, 2.24) is 19.9 Å². The van der Waals surface area contributed by atoms with Crippen LogP contribution in [0.25, 0.3) is 44.3 Å². The van der Waals surface area contributed by atoms with Crippen molar-refractivity contribution in [3.05, 3.63) is 70.9 Å². The summed E-state index contributed by atoms with van der Waals surface area (Å²) in [6, 6.07) is 13.0. The Morgan fingerprint density at radius 2 is 1.71 bits per heavy atom. The van der Waals surface area contributed by atoms with Gasteiger partial charge in [0.15, 0.2) is 5.82 Å². The van der Waals surface area contributed by atoms with Gasteiger partial charge in [0.1, 0.15) is 5.82 Å². The predicted molar refractivity (Wildman–Crippen MR) is 132 cm³/mol. The van der Waals surface area contributed by atoms with Gasteiger partial charge in [0, 0.05) is 35.1 Å². The summed E-state index contributed by atoms with van der Waals surface area (Å²) in [4.78, 5) is 17.7. The van der Waals surface area contributed by atoms with Crippen molar-refractivity contribution >= 4 is 45.2 Å². The lowest BCUT2D eigenvalue weighted by atomic mass is 9.96. The Morgan fingerprint density at radius 3 is 2.46 bits per heavy atom. The molecule has 0 radical (unpaired) electrons. The summed E-state index contributed by atoms with van der Waals surface area (Å²) < 4.78 is 40.3. The van der Waals surface area contributed by atoms with E-state index in [1.165, 1.54) is 12.1 Å². The molecule has 0 amide bonds. The van der Waals surface area contributed by atoms with E-state index in [1.807, 2.05) is 31.2 Å². The van der Waals surface area contributed by atoms with E-state index in [0.717, 1.165) is 33.7 Å². The normalized spacial score (nSPS) is 11.8. The molecular formula is C25H18ClF3N6. The minimum atomic E-state index is -4.61. The van der Waals surface area contributed by atoms with Crippen molar-refractivity contribution < 1.29 is 13.2 Å². The third-order valence-electron chi connectivity index (χ3n) is 5.73. The summed E-state index contributed by atoms with van der Waals surface area (Å²) in [5.74, 6) is 0.752. The van der Waals surface area contributed by atoms with E-state index in [4.69, 9.17) is 17.3 Å². The number of aryl methyl sites for hydroxylation is 1. The molecule has 0 saturated carbocycles. The molecule has 0 aliphatic rings. The Balaban J connectivity index is 1.73. The number of hydrogen-bond donors (Lipinski definition) is 2. The molecule has 10 heteroatoms. The highest BCUT2D eigenvalue weighted by Gasteiger charge is 2.33. The van der Waals surface area contributed by atoms with Crippen LogP contribution in [-0.2, 0) is 6.18 Å². The van der Waals surface area contributed by atoms with Gasteiger partial charge in [-0.25, -0.2) is 19.9 Å². The molecule has 5 aromatic rings. The van der Waals surface area contributed by atoms with Crippen molar-refractivity contribution in [3.8, 4) is 22.5 Å². The van der Waals surface area contributed by atoms with E-state index in [0.29, 0.717) is 16.9 Å². The van der Waals surface area contributed by atoms with Crippen LogP contribution in [0.3, 0.4) is 0 Å². The molecule has 0 bridgehead atoms. The minimum absolute atomic E-state index is 0.0757. The summed E-state index contributed by atoms with van der Waals surface area (Å²) in [5, 5.41) is 3.94. The molecule has 176 valence electrons. The van der Waals surface area contributed by atoms with Crippen LogP contribution in [0.15, 0.2) is 54.7 Å². The average molecular weight is 495 g/mol. The number of anilines is 2. The highest BCUT2D eigenvalue weighted by Crippen LogP contribution is 2.38. The first kappa shape index (κ1) is 22.8. The van der Waals surface area contributed by atoms with Gasteiger partial charge in [0.25, 0.3) is 0 Å². The summed E-state index contributed by atoms with van der Waals surface area (Å²) in [7, 11) is 1.75. The highest BCUT2D eigenvalue weighted by molar-refractivity contribution is 6.31. The molecule has 2 aromatic heterocycles. The van der Waals surface area contributed by atoms with Gasteiger partial charge >= 0.3 is 6.18 Å². The molecule has 5 rings (SSSR count). The van der Waals surface area contributed by atoms with Gasteiger partial charge in [-0.2, -0.15) is 13.2 Å². The van der Waals surface area contributed by atoms with E-state index in [2.05, 4.69) is 25.3 Å². The molecule has 6 nitrogen and oxygen atoms in total. The van der Waals surface area contributed by atoms with Crippen LogP contribution in [0.4, 0.5) is 24.9 Å². The maximum atomic E-state index is 13.4. The largest absolute Gasteiger partial charge is 0.417 e. The van der Waals surface area contributed by atoms with E-state index < -0.39 is 16.8 Å². The molecule has 0 fully saturated rings. The quantitative estimate of drug-likeness (QED) is 0.297. The van der Waals surface area contributed by atoms with E-state index >= 15 is 0 Å². The third-order valence-corrected chi connectivity index (χ3v) is 6.06. The molecule has 35 heavy (non-hydrogen) atoms. The second-order valence-electron chi connectivity index (χ2n) is 8.00. The first-order valence-electron chi connectivity index (χ1n) is 10.5. The number of nitrogens with one attached hydrogen (secondary N) is 1. The number of rotatable bonds is 3. The molecule has 0 unspecified atom stereocenters. The Bertz CT molecular complexity index is 1620. The molecule has 0 aliphatic carbocycles. The first-order chi connectivity index (χ1) is 16.7. The van der Waals surface area contributed by atoms with Crippen LogP contribution in [0, 0.1) is 6.92 Å². The average Bonchev–Trinajstić information content (AvgIpc) is 2.82. The van der Waals surface area contributed by atoms with Crippen LogP contribution >= 0.6 is 11.6 Å². The maximum absolute atomic E-state index is 13.4. The number of halogens is 4. The predicted octanol–water partition coefficient (Wildman–Crippen LogP) is 6.51. The number of hydrogen-bond acceptors (Lipinski definition) is 6. The van der Waals surface area contributed by atoms with Gasteiger partial charge < -0.3 is 11.1 Å². The van der Waals surface area contributed by atoms with Crippen LogP contribution in [0.5, 0.6) is 0 Å². The van der Waals surface area contributed by atoms with Gasteiger partial charge in [-0.05, 0) is 54.4 Å². The highest BCUT2D eigenvalue weighted by atomic mass is 35.5. The Hall–Kier alpha value is -3.98. The van der Waals surface area contributed by atoms with Crippen molar-refractivity contribution in [2.24, 2.45) is 0 Å². The lowest BCUT2D eigenvalue weighted by Gasteiger charge is -2.14. The van der Waals surface area contributed by atoms with Crippen molar-refractivity contribution in [3.63, 3.8) is 0 Å². The van der Waals surface area contributed by atoms with Crippen LogP contribution in [-0.4, -0.2) is 27.0 Å². The summed E-state index contributed by atoms with van der Waals surface area (Å²) >= 11 is 5.79. The zero-order valence-corrected chi connectivity index (χ0v) is 19.3. The van der Waals surface area contributed by atoms with Gasteiger partial charge in [-0.1, -0.05) is 23.7 Å². The summed E-state index contributed by atoms with van der Waals surface area (Å²) in [6.07, 6.45) is -2.89. The third kappa shape index (κ3) is 4.08. The number of fused-ring (bicyclic) bond motifs is 2. The van der Waals surface area contributed by atoms with Crippen molar-refractivity contribution in [1.29, 1.82) is 0 Å². The molecule has 3 N–H and O–H groups in total. The van der Waals surface area contributed by atoms with E-state index in [9.17, 15) is 13.2 Å². The molecule has 0 saturated heterocycles. The van der Waals surface area contributed by atoms with Gasteiger partial charge in [0.05, 0.1) is 21.6 Å². The number of benzene rings is 3. The fraction of sp³-hybridized carbons (Fsp3) is 0.120. The maximum Gasteiger partial charge on any atom is 0.417 e. The SMILES string of the molecule is CNc1ncc2cc(-c3c(C)ccc4c(N)nc(-c5ccc(Cl)c(C(F)(F)F)c5)nc34)ccc2n1. The number of aromatic nitrogens is 4. The Morgan fingerprint density at radius 1 is 0.943 bits per heavy atom. The first-order valence-corrected chi connectivity index (χ1v) is 10.9. The van der Waals surface area contributed by atoms with Gasteiger partial charge in [-0.15, -0.1) is 0 Å². The fourth-order valence-corrected chi connectivity index (χ4v) is 4.23. The van der Waals surface area contributed by atoms with Crippen molar-refractivity contribution in [2.45, 2.75) is 13.1 Å². The second kappa shape index (κ2) is 8.35. The van der Waals surface area contributed by atoms with Gasteiger partial charge in [-0.3, -0.25) is 0 Å². The molecule has 2 heterocycles. The van der Waals surface area contributed by atoms with Crippen molar-refractivity contribution in [2.75, 3.05) is 18.1 Å². The zero-order chi connectivity index (χ0) is 24.9. The van der Waals surface area contributed by atoms with Crippen LogP contribution in [0.2, 0.25) is 5.02 Å².